The Morgan fingerprint density at radius 2 is 1.76 bits per heavy atom. The Labute approximate surface area is 205 Å². The fourth-order valence-electron chi connectivity index (χ4n) is 4.19. The van der Waals surface area contributed by atoms with Crippen molar-refractivity contribution in [2.24, 2.45) is 0 Å². The highest BCUT2D eigenvalue weighted by Gasteiger charge is 2.33. The molecule has 5 nitrogen and oxygen atoms in total. The van der Waals surface area contributed by atoms with Crippen LogP contribution in [0, 0.1) is 13.8 Å². The summed E-state index contributed by atoms with van der Waals surface area (Å²) in [5, 5.41) is 2.07. The largest absolute Gasteiger partial charge is 0.491 e. The first-order valence-electron chi connectivity index (χ1n) is 11.5. The molecule has 2 heterocycles. The second-order valence-electron chi connectivity index (χ2n) is 8.62. The lowest BCUT2D eigenvalue weighted by atomic mass is 10.0. The Balaban J connectivity index is 1.51. The zero-order chi connectivity index (χ0) is 24.1. The lowest BCUT2D eigenvalue weighted by molar-refractivity contribution is -0.135. The van der Waals surface area contributed by atoms with Crippen LogP contribution in [-0.2, 0) is 11.2 Å². The zero-order valence-corrected chi connectivity index (χ0v) is 20.5. The molecule has 1 unspecified atom stereocenters. The Kier molecular flexibility index (Phi) is 7.48. The molecule has 176 valence electrons. The first-order valence-corrected chi connectivity index (χ1v) is 12.4. The average molecular weight is 475 g/mol. The van der Waals surface area contributed by atoms with Crippen molar-refractivity contribution in [3.63, 3.8) is 0 Å². The van der Waals surface area contributed by atoms with Gasteiger partial charge in [0.05, 0.1) is 6.04 Å². The predicted molar refractivity (Wildman–Crippen MR) is 136 cm³/mol. The summed E-state index contributed by atoms with van der Waals surface area (Å²) >= 11 is 1.72. The first kappa shape index (κ1) is 23.8. The van der Waals surface area contributed by atoms with Crippen LogP contribution in [0.1, 0.15) is 38.0 Å². The van der Waals surface area contributed by atoms with Crippen LogP contribution in [0.3, 0.4) is 0 Å². The minimum absolute atomic E-state index is 0.000762. The van der Waals surface area contributed by atoms with Gasteiger partial charge in [-0.25, -0.2) is 0 Å². The Bertz CT molecular complexity index is 1150. The molecule has 0 saturated heterocycles. The third-order valence-corrected chi connectivity index (χ3v) is 7.10. The van der Waals surface area contributed by atoms with Crippen LogP contribution in [-0.4, -0.2) is 47.9 Å². The van der Waals surface area contributed by atoms with Gasteiger partial charge in [0.2, 0.25) is 5.91 Å². The first-order chi connectivity index (χ1) is 16.5. The molecule has 0 bridgehead atoms. The Morgan fingerprint density at radius 3 is 2.44 bits per heavy atom. The van der Waals surface area contributed by atoms with Crippen LogP contribution in [0.5, 0.6) is 5.75 Å². The number of carbonyl (C=O) groups excluding carboxylic acids is 2. The number of carbonyl (C=O) groups is 2. The van der Waals surface area contributed by atoms with Gasteiger partial charge in [0.25, 0.3) is 5.91 Å². The van der Waals surface area contributed by atoms with Gasteiger partial charge in [0.1, 0.15) is 18.9 Å². The van der Waals surface area contributed by atoms with Crippen molar-refractivity contribution in [2.75, 3.05) is 26.2 Å². The average Bonchev–Trinajstić information content (AvgIpc) is 3.32. The predicted octanol–water partition coefficient (Wildman–Crippen LogP) is 5.20. The van der Waals surface area contributed by atoms with Gasteiger partial charge in [-0.1, -0.05) is 41.5 Å². The molecule has 2 aromatic carbocycles. The standard InChI is InChI=1S/C28H30N2O3S/c1-4-15-29(28(32)22-9-5-20(2)6-10-22)18-27(31)30-16-13-26-24(14-17-34-26)25(30)19-33-23-11-7-21(3)8-12-23/h4-12,14,17,25H,1,13,15-16,18-19H2,2-3H3. The van der Waals surface area contributed by atoms with Gasteiger partial charge >= 0.3 is 0 Å². The molecule has 3 aromatic rings. The van der Waals surface area contributed by atoms with Crippen LogP contribution in [0.15, 0.2) is 72.6 Å². The van der Waals surface area contributed by atoms with E-state index in [9.17, 15) is 9.59 Å². The van der Waals surface area contributed by atoms with Crippen molar-refractivity contribution in [3.8, 4) is 5.75 Å². The van der Waals surface area contributed by atoms with Crippen LogP contribution in [0.25, 0.3) is 0 Å². The molecule has 6 heteroatoms. The molecule has 0 spiro atoms. The summed E-state index contributed by atoms with van der Waals surface area (Å²) < 4.78 is 6.10. The number of amides is 2. The van der Waals surface area contributed by atoms with Gasteiger partial charge < -0.3 is 14.5 Å². The van der Waals surface area contributed by atoms with E-state index >= 15 is 0 Å². The van der Waals surface area contributed by atoms with E-state index in [1.165, 1.54) is 10.4 Å². The monoisotopic (exact) mass is 474 g/mol. The summed E-state index contributed by atoms with van der Waals surface area (Å²) in [5.74, 6) is 0.522. The summed E-state index contributed by atoms with van der Waals surface area (Å²) in [5.41, 5.74) is 3.96. The number of hydrogen-bond donors (Lipinski definition) is 0. The highest BCUT2D eigenvalue weighted by atomic mass is 32.1. The second-order valence-corrected chi connectivity index (χ2v) is 9.62. The van der Waals surface area contributed by atoms with Gasteiger partial charge in [-0.05, 0) is 61.5 Å². The SMILES string of the molecule is C=CCN(CC(=O)N1CCc2sccc2C1COc1ccc(C)cc1)C(=O)c1ccc(C)cc1. The number of benzene rings is 2. The quantitative estimate of drug-likeness (QED) is 0.422. The number of nitrogens with zero attached hydrogens (tertiary/aromatic N) is 2. The lowest BCUT2D eigenvalue weighted by Crippen LogP contribution is -2.47. The van der Waals surface area contributed by atoms with Crippen molar-refractivity contribution >= 4 is 23.2 Å². The Hall–Kier alpha value is -3.38. The maximum Gasteiger partial charge on any atom is 0.254 e. The molecule has 0 saturated carbocycles. The molecule has 2 amide bonds. The van der Waals surface area contributed by atoms with E-state index < -0.39 is 0 Å². The molecular formula is C28H30N2O3S. The topological polar surface area (TPSA) is 49.9 Å². The summed E-state index contributed by atoms with van der Waals surface area (Å²) in [4.78, 5) is 31.4. The fraction of sp³-hybridized carbons (Fsp3) is 0.286. The molecule has 0 N–H and O–H groups in total. The zero-order valence-electron chi connectivity index (χ0n) is 19.7. The van der Waals surface area contributed by atoms with E-state index in [0.717, 1.165) is 23.3 Å². The summed E-state index contributed by atoms with van der Waals surface area (Å²) in [7, 11) is 0. The summed E-state index contributed by atoms with van der Waals surface area (Å²) in [6.45, 7) is 9.08. The van der Waals surface area contributed by atoms with E-state index in [1.54, 1.807) is 34.4 Å². The van der Waals surface area contributed by atoms with E-state index in [-0.39, 0.29) is 24.4 Å². The van der Waals surface area contributed by atoms with E-state index in [1.807, 2.05) is 55.1 Å². The highest BCUT2D eigenvalue weighted by molar-refractivity contribution is 7.10. The molecule has 34 heavy (non-hydrogen) atoms. The third-order valence-electron chi connectivity index (χ3n) is 6.11. The Morgan fingerprint density at radius 1 is 1.09 bits per heavy atom. The van der Waals surface area contributed by atoms with Crippen LogP contribution in [0.4, 0.5) is 0 Å². The molecule has 0 fully saturated rings. The number of rotatable bonds is 8. The number of hydrogen-bond acceptors (Lipinski definition) is 4. The van der Waals surface area contributed by atoms with Crippen molar-refractivity contribution in [1.82, 2.24) is 9.80 Å². The van der Waals surface area contributed by atoms with Crippen LogP contribution in [0.2, 0.25) is 0 Å². The lowest BCUT2D eigenvalue weighted by Gasteiger charge is -2.37. The molecule has 4 rings (SSSR count). The minimum Gasteiger partial charge on any atom is -0.491 e. The van der Waals surface area contributed by atoms with Gasteiger partial charge in [0.15, 0.2) is 0 Å². The molecule has 0 aliphatic carbocycles. The van der Waals surface area contributed by atoms with Crippen LogP contribution >= 0.6 is 11.3 Å². The normalized spacial score (nSPS) is 14.9. The van der Waals surface area contributed by atoms with E-state index in [0.29, 0.717) is 25.3 Å². The summed E-state index contributed by atoms with van der Waals surface area (Å²) in [6.07, 6.45) is 2.47. The summed E-state index contributed by atoms with van der Waals surface area (Å²) in [6, 6.07) is 17.2. The highest BCUT2D eigenvalue weighted by Crippen LogP contribution is 2.34. The minimum atomic E-state index is -0.191. The smallest absolute Gasteiger partial charge is 0.254 e. The number of thiophene rings is 1. The van der Waals surface area contributed by atoms with Gasteiger partial charge in [-0.15, -0.1) is 17.9 Å². The number of aryl methyl sites for hydroxylation is 2. The third kappa shape index (κ3) is 5.39. The molecule has 1 aliphatic heterocycles. The second kappa shape index (κ2) is 10.7. The molecular weight excluding hydrogens is 444 g/mol. The molecule has 1 aromatic heterocycles. The van der Waals surface area contributed by atoms with Crippen molar-refractivity contribution in [1.29, 1.82) is 0 Å². The van der Waals surface area contributed by atoms with Crippen molar-refractivity contribution in [2.45, 2.75) is 26.3 Å². The van der Waals surface area contributed by atoms with Gasteiger partial charge in [-0.2, -0.15) is 0 Å². The maximum absolute atomic E-state index is 13.5. The maximum atomic E-state index is 13.5. The molecule has 1 atom stereocenters. The van der Waals surface area contributed by atoms with Gasteiger partial charge in [0, 0.05) is 23.5 Å². The van der Waals surface area contributed by atoms with Crippen molar-refractivity contribution < 1.29 is 14.3 Å². The fourth-order valence-corrected chi connectivity index (χ4v) is 5.12. The number of ether oxygens (including phenoxy) is 1. The van der Waals surface area contributed by atoms with Crippen molar-refractivity contribution in [3.05, 3.63) is 99.8 Å². The van der Waals surface area contributed by atoms with E-state index in [4.69, 9.17) is 4.74 Å². The number of fused-ring (bicyclic) bond motifs is 1. The molecule has 1 aliphatic rings. The molecule has 0 radical (unpaired) electrons. The van der Waals surface area contributed by atoms with E-state index in [2.05, 4.69) is 18.0 Å². The van der Waals surface area contributed by atoms with Crippen LogP contribution < -0.4 is 4.74 Å². The van der Waals surface area contributed by atoms with Gasteiger partial charge in [-0.3, -0.25) is 9.59 Å².